The smallest absolute Gasteiger partial charge is 0.224 e. The second-order valence-electron chi connectivity index (χ2n) is 5.50. The van der Waals surface area contributed by atoms with E-state index in [-0.39, 0.29) is 12.3 Å². The molecule has 0 saturated heterocycles. The van der Waals surface area contributed by atoms with Crippen LogP contribution < -0.4 is 5.32 Å². The van der Waals surface area contributed by atoms with Gasteiger partial charge in [-0.2, -0.15) is 5.10 Å². The quantitative estimate of drug-likeness (QED) is 0.776. The largest absolute Gasteiger partial charge is 0.352 e. The number of carbonyl (C=O) groups is 1. The van der Waals surface area contributed by atoms with Gasteiger partial charge in [-0.15, -0.1) is 0 Å². The zero-order valence-corrected chi connectivity index (χ0v) is 14.0. The minimum Gasteiger partial charge on any atom is -0.352 e. The van der Waals surface area contributed by atoms with Crippen molar-refractivity contribution in [1.29, 1.82) is 0 Å². The Bertz CT molecular complexity index is 842. The summed E-state index contributed by atoms with van der Waals surface area (Å²) in [5, 5.41) is 7.62. The molecule has 1 aromatic carbocycles. The summed E-state index contributed by atoms with van der Waals surface area (Å²) in [5.74, 6) is -0.0700. The van der Waals surface area contributed by atoms with Gasteiger partial charge in [-0.1, -0.05) is 35.9 Å². The zero-order chi connectivity index (χ0) is 16.9. The maximum Gasteiger partial charge on any atom is 0.224 e. The topological polar surface area (TPSA) is 59.8 Å². The van der Waals surface area contributed by atoms with Crippen molar-refractivity contribution in [2.75, 3.05) is 0 Å². The van der Waals surface area contributed by atoms with Crippen LogP contribution in [0.4, 0.5) is 0 Å². The molecule has 0 bridgehead atoms. The van der Waals surface area contributed by atoms with Gasteiger partial charge in [0.05, 0.1) is 18.3 Å². The Morgan fingerprint density at radius 1 is 1.21 bits per heavy atom. The standard InChI is InChI=1S/C18H17ClN4O/c1-23-12-15(11-22-23)17-7-6-13(9-20-17)10-21-18(24)8-14-4-2-3-5-16(14)19/h2-7,9,11-12H,8,10H2,1H3,(H,21,24). The summed E-state index contributed by atoms with van der Waals surface area (Å²) in [4.78, 5) is 16.4. The van der Waals surface area contributed by atoms with Gasteiger partial charge in [0.25, 0.3) is 0 Å². The fraction of sp³-hybridized carbons (Fsp3) is 0.167. The van der Waals surface area contributed by atoms with E-state index in [0.29, 0.717) is 11.6 Å². The molecule has 2 aromatic heterocycles. The number of aromatic nitrogens is 3. The molecule has 0 atom stereocenters. The van der Waals surface area contributed by atoms with E-state index in [1.54, 1.807) is 23.1 Å². The number of benzene rings is 1. The first kappa shape index (κ1) is 16.2. The molecule has 0 aliphatic heterocycles. The molecular formula is C18H17ClN4O. The first-order valence-corrected chi connectivity index (χ1v) is 7.93. The summed E-state index contributed by atoms with van der Waals surface area (Å²) < 4.78 is 1.74. The van der Waals surface area contributed by atoms with Crippen LogP contribution in [-0.4, -0.2) is 20.7 Å². The molecule has 24 heavy (non-hydrogen) atoms. The molecule has 0 saturated carbocycles. The van der Waals surface area contributed by atoms with Crippen LogP contribution >= 0.6 is 11.6 Å². The van der Waals surface area contributed by atoms with Crippen molar-refractivity contribution in [3.63, 3.8) is 0 Å². The van der Waals surface area contributed by atoms with Crippen LogP contribution in [0.15, 0.2) is 55.0 Å². The molecule has 0 spiro atoms. The minimum atomic E-state index is -0.0700. The molecule has 1 amide bonds. The molecule has 0 aliphatic rings. The van der Waals surface area contributed by atoms with Crippen molar-refractivity contribution in [3.05, 3.63) is 71.1 Å². The molecule has 6 heteroatoms. The van der Waals surface area contributed by atoms with E-state index >= 15 is 0 Å². The normalized spacial score (nSPS) is 10.6. The predicted molar refractivity (Wildman–Crippen MR) is 93.4 cm³/mol. The van der Waals surface area contributed by atoms with Crippen LogP contribution in [-0.2, 0) is 24.8 Å². The maximum atomic E-state index is 12.0. The summed E-state index contributed by atoms with van der Waals surface area (Å²) in [6.07, 6.45) is 5.71. The molecule has 2 heterocycles. The number of nitrogens with one attached hydrogen (secondary N) is 1. The van der Waals surface area contributed by atoms with Gasteiger partial charge in [-0.25, -0.2) is 0 Å². The number of carbonyl (C=O) groups excluding carboxylic acids is 1. The van der Waals surface area contributed by atoms with E-state index < -0.39 is 0 Å². The first-order chi connectivity index (χ1) is 11.6. The average Bonchev–Trinajstić information content (AvgIpc) is 3.02. The molecule has 3 rings (SSSR count). The van der Waals surface area contributed by atoms with E-state index in [1.807, 2.05) is 43.6 Å². The summed E-state index contributed by atoms with van der Waals surface area (Å²) in [6.45, 7) is 0.434. The fourth-order valence-electron chi connectivity index (χ4n) is 2.33. The fourth-order valence-corrected chi connectivity index (χ4v) is 2.53. The predicted octanol–water partition coefficient (Wildman–Crippen LogP) is 2.99. The number of halogens is 1. The first-order valence-electron chi connectivity index (χ1n) is 7.56. The van der Waals surface area contributed by atoms with E-state index in [0.717, 1.165) is 22.4 Å². The highest BCUT2D eigenvalue weighted by Gasteiger charge is 2.07. The monoisotopic (exact) mass is 340 g/mol. The lowest BCUT2D eigenvalue weighted by Crippen LogP contribution is -2.24. The lowest BCUT2D eigenvalue weighted by Gasteiger charge is -2.07. The molecule has 1 N–H and O–H groups in total. The maximum absolute atomic E-state index is 12.0. The van der Waals surface area contributed by atoms with Gasteiger partial charge >= 0.3 is 0 Å². The van der Waals surface area contributed by atoms with Crippen LogP contribution in [0.25, 0.3) is 11.3 Å². The SMILES string of the molecule is Cn1cc(-c2ccc(CNC(=O)Cc3ccccc3Cl)cn2)cn1. The Morgan fingerprint density at radius 3 is 2.71 bits per heavy atom. The van der Waals surface area contributed by atoms with E-state index in [4.69, 9.17) is 11.6 Å². The molecular weight excluding hydrogens is 324 g/mol. The van der Waals surface area contributed by atoms with Crippen molar-refractivity contribution in [1.82, 2.24) is 20.1 Å². The highest BCUT2D eigenvalue weighted by atomic mass is 35.5. The Labute approximate surface area is 145 Å². The Hall–Kier alpha value is -2.66. The minimum absolute atomic E-state index is 0.0700. The number of aryl methyl sites for hydroxylation is 1. The number of rotatable bonds is 5. The van der Waals surface area contributed by atoms with Gasteiger partial charge in [-0.3, -0.25) is 14.5 Å². The summed E-state index contributed by atoms with van der Waals surface area (Å²) in [6, 6.07) is 11.2. The molecule has 122 valence electrons. The Balaban J connectivity index is 1.57. The number of nitrogens with zero attached hydrogens (tertiary/aromatic N) is 3. The van der Waals surface area contributed by atoms with Crippen LogP contribution in [0.2, 0.25) is 5.02 Å². The van der Waals surface area contributed by atoms with Crippen LogP contribution in [0.5, 0.6) is 0 Å². The Kier molecular flexibility index (Phi) is 4.91. The van der Waals surface area contributed by atoms with Crippen molar-refractivity contribution in [2.24, 2.45) is 7.05 Å². The van der Waals surface area contributed by atoms with Crippen molar-refractivity contribution in [3.8, 4) is 11.3 Å². The lowest BCUT2D eigenvalue weighted by atomic mass is 10.1. The second-order valence-corrected chi connectivity index (χ2v) is 5.91. The van der Waals surface area contributed by atoms with Crippen LogP contribution in [0.1, 0.15) is 11.1 Å². The molecule has 3 aromatic rings. The summed E-state index contributed by atoms with van der Waals surface area (Å²) in [7, 11) is 1.87. The van der Waals surface area contributed by atoms with Gasteiger partial charge in [0.1, 0.15) is 0 Å². The molecule has 0 unspecified atom stereocenters. The van der Waals surface area contributed by atoms with Crippen LogP contribution in [0.3, 0.4) is 0 Å². The van der Waals surface area contributed by atoms with Crippen molar-refractivity contribution >= 4 is 17.5 Å². The molecule has 0 fully saturated rings. The number of amides is 1. The van der Waals surface area contributed by atoms with Gasteiger partial charge in [0, 0.05) is 36.6 Å². The van der Waals surface area contributed by atoms with Gasteiger partial charge in [0.15, 0.2) is 0 Å². The lowest BCUT2D eigenvalue weighted by molar-refractivity contribution is -0.120. The molecule has 5 nitrogen and oxygen atoms in total. The average molecular weight is 341 g/mol. The molecule has 0 aliphatic carbocycles. The van der Waals surface area contributed by atoms with E-state index in [2.05, 4.69) is 15.4 Å². The third-order valence-corrected chi connectivity index (χ3v) is 3.99. The highest BCUT2D eigenvalue weighted by Crippen LogP contribution is 2.16. The van der Waals surface area contributed by atoms with Gasteiger partial charge in [-0.05, 0) is 23.3 Å². The number of hydrogen-bond acceptors (Lipinski definition) is 3. The number of pyridine rings is 1. The summed E-state index contributed by atoms with van der Waals surface area (Å²) in [5.41, 5.74) is 3.58. The van der Waals surface area contributed by atoms with Gasteiger partial charge < -0.3 is 5.32 Å². The van der Waals surface area contributed by atoms with Gasteiger partial charge in [0.2, 0.25) is 5.91 Å². The third-order valence-electron chi connectivity index (χ3n) is 3.62. The number of hydrogen-bond donors (Lipinski definition) is 1. The second kappa shape index (κ2) is 7.27. The highest BCUT2D eigenvalue weighted by molar-refractivity contribution is 6.31. The zero-order valence-electron chi connectivity index (χ0n) is 13.2. The van der Waals surface area contributed by atoms with Crippen molar-refractivity contribution < 1.29 is 4.79 Å². The third kappa shape index (κ3) is 4.00. The van der Waals surface area contributed by atoms with Crippen LogP contribution in [0, 0.1) is 0 Å². The summed E-state index contributed by atoms with van der Waals surface area (Å²) >= 11 is 6.07. The van der Waals surface area contributed by atoms with Crippen molar-refractivity contribution in [2.45, 2.75) is 13.0 Å². The van der Waals surface area contributed by atoms with E-state index in [1.165, 1.54) is 0 Å². The van der Waals surface area contributed by atoms with E-state index in [9.17, 15) is 4.79 Å². The molecule has 0 radical (unpaired) electrons. The Morgan fingerprint density at radius 2 is 2.04 bits per heavy atom.